The summed E-state index contributed by atoms with van der Waals surface area (Å²) in [6, 6.07) is 6.69. The number of carboxylic acids is 1. The van der Waals surface area contributed by atoms with Crippen LogP contribution >= 0.6 is 11.6 Å². The number of Topliss-reactive ketones (excluding diaryl/α,β-unsaturated/α-hetero) is 1. The van der Waals surface area contributed by atoms with Crippen LogP contribution in [0.3, 0.4) is 0 Å². The van der Waals surface area contributed by atoms with Crippen molar-refractivity contribution in [1.29, 1.82) is 0 Å². The number of halogens is 1. The summed E-state index contributed by atoms with van der Waals surface area (Å²) in [6.45, 7) is 1.50. The van der Waals surface area contributed by atoms with E-state index in [9.17, 15) is 9.59 Å². The van der Waals surface area contributed by atoms with Gasteiger partial charge in [0.15, 0.2) is 0 Å². The van der Waals surface area contributed by atoms with Crippen molar-refractivity contribution in [2.75, 3.05) is 5.88 Å². The Kier molecular flexibility index (Phi) is 5.86. The minimum Gasteiger partial charge on any atom is -0.478 e. The van der Waals surface area contributed by atoms with Crippen LogP contribution in [0.2, 0.25) is 0 Å². The molecular weight excluding hydrogens is 252 g/mol. The molecule has 0 bridgehead atoms. The third-order valence-corrected chi connectivity index (χ3v) is 3.20. The zero-order valence-corrected chi connectivity index (χ0v) is 11.1. The van der Waals surface area contributed by atoms with Gasteiger partial charge in [-0.15, -0.1) is 11.6 Å². The lowest BCUT2D eigenvalue weighted by Gasteiger charge is -2.16. The fraction of sp³-hybridized carbons (Fsp3) is 0.429. The lowest BCUT2D eigenvalue weighted by molar-refractivity contribution is -0.118. The zero-order valence-electron chi connectivity index (χ0n) is 10.4. The van der Waals surface area contributed by atoms with Gasteiger partial charge in [0, 0.05) is 11.8 Å². The largest absolute Gasteiger partial charge is 0.478 e. The Morgan fingerprint density at radius 2 is 1.94 bits per heavy atom. The highest BCUT2D eigenvalue weighted by Gasteiger charge is 2.21. The first-order chi connectivity index (χ1) is 8.57. The van der Waals surface area contributed by atoms with Crippen LogP contribution < -0.4 is 0 Å². The van der Waals surface area contributed by atoms with Crippen LogP contribution in [0.25, 0.3) is 0 Å². The van der Waals surface area contributed by atoms with Gasteiger partial charge in [0.05, 0.1) is 5.56 Å². The zero-order chi connectivity index (χ0) is 13.5. The highest BCUT2D eigenvalue weighted by atomic mass is 35.5. The van der Waals surface area contributed by atoms with Crippen molar-refractivity contribution in [3.63, 3.8) is 0 Å². The summed E-state index contributed by atoms with van der Waals surface area (Å²) in [5.41, 5.74) is 0.815. The monoisotopic (exact) mass is 268 g/mol. The average Bonchev–Trinajstić information content (AvgIpc) is 2.34. The van der Waals surface area contributed by atoms with E-state index in [0.29, 0.717) is 17.9 Å². The summed E-state index contributed by atoms with van der Waals surface area (Å²) in [5.74, 6) is -0.779. The van der Waals surface area contributed by atoms with Gasteiger partial charge >= 0.3 is 5.97 Å². The van der Waals surface area contributed by atoms with Gasteiger partial charge in [-0.25, -0.2) is 4.79 Å². The summed E-state index contributed by atoms with van der Waals surface area (Å²) in [6.07, 6.45) is 2.30. The van der Waals surface area contributed by atoms with Crippen molar-refractivity contribution < 1.29 is 14.7 Å². The number of rotatable bonds is 7. The summed E-state index contributed by atoms with van der Waals surface area (Å²) in [7, 11) is 0. The number of aromatic carboxylic acids is 1. The van der Waals surface area contributed by atoms with E-state index < -0.39 is 5.97 Å². The van der Waals surface area contributed by atoms with Crippen LogP contribution in [0, 0.1) is 0 Å². The first-order valence-electron chi connectivity index (χ1n) is 5.96. The maximum absolute atomic E-state index is 11.7. The molecule has 0 amide bonds. The number of hydrogen-bond acceptors (Lipinski definition) is 2. The smallest absolute Gasteiger partial charge is 0.335 e. The van der Waals surface area contributed by atoms with E-state index in [4.69, 9.17) is 16.7 Å². The molecule has 0 saturated carbocycles. The van der Waals surface area contributed by atoms with Crippen LogP contribution in [0.15, 0.2) is 24.3 Å². The number of ketones is 1. The first-order valence-corrected chi connectivity index (χ1v) is 6.50. The van der Waals surface area contributed by atoms with Gasteiger partial charge in [-0.1, -0.05) is 24.6 Å². The number of hydrogen-bond donors (Lipinski definition) is 1. The number of alkyl halides is 1. The van der Waals surface area contributed by atoms with Crippen LogP contribution in [-0.4, -0.2) is 22.7 Å². The second-order valence-electron chi connectivity index (χ2n) is 4.24. The summed E-state index contributed by atoms with van der Waals surface area (Å²) >= 11 is 5.61. The van der Waals surface area contributed by atoms with Crippen molar-refractivity contribution in [1.82, 2.24) is 0 Å². The molecule has 0 spiro atoms. The molecule has 0 aromatic heterocycles. The molecule has 1 aromatic carbocycles. The third kappa shape index (κ3) is 3.84. The molecule has 0 aliphatic heterocycles. The number of benzene rings is 1. The molecule has 3 nitrogen and oxygen atoms in total. The van der Waals surface area contributed by atoms with Gasteiger partial charge in [-0.05, 0) is 31.4 Å². The topological polar surface area (TPSA) is 54.4 Å². The molecule has 0 aliphatic carbocycles. The van der Waals surface area contributed by atoms with Crippen LogP contribution in [0.1, 0.15) is 48.0 Å². The molecule has 1 atom stereocenters. The standard InChI is InChI=1S/C14H17ClO3/c1-10(16)11(6-4-5-9-15)12-7-2-3-8-13(12)14(17)18/h2-3,7-8,11H,4-6,9H2,1H3,(H,17,18)/t11-/m1/s1. The Balaban J connectivity index is 2.98. The van der Waals surface area contributed by atoms with Gasteiger partial charge in [-0.2, -0.15) is 0 Å². The molecule has 0 heterocycles. The van der Waals surface area contributed by atoms with Gasteiger partial charge in [0.2, 0.25) is 0 Å². The molecule has 4 heteroatoms. The van der Waals surface area contributed by atoms with Crippen molar-refractivity contribution in [2.24, 2.45) is 0 Å². The average molecular weight is 269 g/mol. The van der Waals surface area contributed by atoms with Crippen molar-refractivity contribution in [2.45, 2.75) is 32.1 Å². The van der Waals surface area contributed by atoms with Crippen LogP contribution in [0.4, 0.5) is 0 Å². The minimum absolute atomic E-state index is 0.00160. The molecule has 18 heavy (non-hydrogen) atoms. The van der Waals surface area contributed by atoms with Crippen LogP contribution in [-0.2, 0) is 4.79 Å². The molecular formula is C14H17ClO3. The molecule has 0 unspecified atom stereocenters. The lowest BCUT2D eigenvalue weighted by atomic mass is 9.87. The van der Waals surface area contributed by atoms with Gasteiger partial charge < -0.3 is 5.11 Å². The number of unbranched alkanes of at least 4 members (excludes halogenated alkanes) is 1. The van der Waals surface area contributed by atoms with E-state index in [1.807, 2.05) is 0 Å². The number of carbonyl (C=O) groups excluding carboxylic acids is 1. The Bertz CT molecular complexity index is 429. The predicted molar refractivity (Wildman–Crippen MR) is 71.4 cm³/mol. The molecule has 1 rings (SSSR count). The van der Waals surface area contributed by atoms with Gasteiger partial charge in [-0.3, -0.25) is 4.79 Å². The number of carboxylic acid groups (broad SMARTS) is 1. The molecule has 0 radical (unpaired) electrons. The second kappa shape index (κ2) is 7.17. The summed E-state index contributed by atoms with van der Waals surface area (Å²) in [5, 5.41) is 9.14. The SMILES string of the molecule is CC(=O)[C@@H](CCCCCl)c1ccccc1C(=O)O. The van der Waals surface area contributed by atoms with E-state index in [1.54, 1.807) is 18.2 Å². The van der Waals surface area contributed by atoms with E-state index in [1.165, 1.54) is 13.0 Å². The van der Waals surface area contributed by atoms with E-state index >= 15 is 0 Å². The van der Waals surface area contributed by atoms with Gasteiger partial charge in [0.1, 0.15) is 5.78 Å². The molecule has 0 saturated heterocycles. The normalized spacial score (nSPS) is 12.1. The Morgan fingerprint density at radius 3 is 2.50 bits per heavy atom. The summed E-state index contributed by atoms with van der Waals surface area (Å²) in [4.78, 5) is 22.8. The highest BCUT2D eigenvalue weighted by Crippen LogP contribution is 2.26. The second-order valence-corrected chi connectivity index (χ2v) is 4.62. The van der Waals surface area contributed by atoms with Crippen molar-refractivity contribution >= 4 is 23.4 Å². The molecule has 98 valence electrons. The van der Waals surface area contributed by atoms with E-state index in [2.05, 4.69) is 0 Å². The Labute approximate surface area is 112 Å². The van der Waals surface area contributed by atoms with Crippen molar-refractivity contribution in [3.05, 3.63) is 35.4 Å². The van der Waals surface area contributed by atoms with Crippen molar-refractivity contribution in [3.8, 4) is 0 Å². The van der Waals surface area contributed by atoms with Crippen LogP contribution in [0.5, 0.6) is 0 Å². The fourth-order valence-electron chi connectivity index (χ4n) is 2.02. The molecule has 0 aliphatic rings. The lowest BCUT2D eigenvalue weighted by Crippen LogP contribution is -2.14. The minimum atomic E-state index is -0.991. The summed E-state index contributed by atoms with van der Waals surface area (Å²) < 4.78 is 0. The van der Waals surface area contributed by atoms with E-state index in [-0.39, 0.29) is 17.3 Å². The first kappa shape index (κ1) is 14.7. The maximum Gasteiger partial charge on any atom is 0.335 e. The maximum atomic E-state index is 11.7. The predicted octanol–water partition coefficient (Wildman–Crippen LogP) is 3.47. The third-order valence-electron chi connectivity index (χ3n) is 2.93. The molecule has 1 N–H and O–H groups in total. The van der Waals surface area contributed by atoms with E-state index in [0.717, 1.165) is 12.8 Å². The Morgan fingerprint density at radius 1 is 1.28 bits per heavy atom. The quantitative estimate of drug-likeness (QED) is 0.609. The molecule has 1 aromatic rings. The van der Waals surface area contributed by atoms with Gasteiger partial charge in [0.25, 0.3) is 0 Å². The fourth-order valence-corrected chi connectivity index (χ4v) is 2.21. The highest BCUT2D eigenvalue weighted by molar-refractivity contribution is 6.17. The molecule has 0 fully saturated rings. The Hall–Kier alpha value is -1.35. The number of carbonyl (C=O) groups is 2.